The minimum Gasteiger partial charge on any atom is -0.382 e. The van der Waals surface area contributed by atoms with E-state index >= 15 is 0 Å². The van der Waals surface area contributed by atoms with Gasteiger partial charge in [-0.3, -0.25) is 14.8 Å². The first-order valence-corrected chi connectivity index (χ1v) is 14.4. The molecule has 0 fully saturated rings. The molecule has 5 aromatic rings. The number of halogens is 2. The third-order valence-corrected chi connectivity index (χ3v) is 7.59. The summed E-state index contributed by atoms with van der Waals surface area (Å²) in [5.41, 5.74) is 5.35. The van der Waals surface area contributed by atoms with Gasteiger partial charge in [0.2, 0.25) is 5.43 Å². The number of nitrogens with zero attached hydrogens (tertiary/aromatic N) is 2. The molecule has 2 heterocycles. The molecule has 42 heavy (non-hydrogen) atoms. The standard InChI is InChI=1S/C16H14BrNO3.C16H12BrNO3/c2*1-20-21-9-11-6-10-4-2-3-5-13(10)16(19)15-14(11)7-12(17)8-18-15/h2-8,16,19H,9H2,1H3;2-8H,9H2,1H3. The Kier molecular flexibility index (Phi) is 9.86. The van der Waals surface area contributed by atoms with Crippen molar-refractivity contribution in [3.8, 4) is 0 Å². The molecule has 2 aromatic heterocycles. The number of pyridine rings is 2. The molecule has 0 radical (unpaired) electrons. The lowest BCUT2D eigenvalue weighted by Crippen LogP contribution is -2.07. The minimum atomic E-state index is -0.763. The van der Waals surface area contributed by atoms with Crippen molar-refractivity contribution in [1.82, 2.24) is 9.97 Å². The molecule has 0 bridgehead atoms. The predicted molar refractivity (Wildman–Crippen MR) is 168 cm³/mol. The number of hydrogen-bond acceptors (Lipinski definition) is 8. The van der Waals surface area contributed by atoms with Crippen LogP contribution in [0.1, 0.15) is 34.1 Å². The lowest BCUT2D eigenvalue weighted by atomic mass is 10.0. The highest BCUT2D eigenvalue weighted by molar-refractivity contribution is 9.10. The zero-order chi connectivity index (χ0) is 29.6. The highest BCUT2D eigenvalue weighted by Gasteiger charge is 2.24. The molecule has 8 nitrogen and oxygen atoms in total. The normalized spacial score (nSPS) is 13.9. The van der Waals surface area contributed by atoms with E-state index in [1.54, 1.807) is 12.4 Å². The van der Waals surface area contributed by atoms with Crippen molar-refractivity contribution in [1.29, 1.82) is 0 Å². The summed E-state index contributed by atoms with van der Waals surface area (Å²) in [5, 5.41) is 12.9. The summed E-state index contributed by atoms with van der Waals surface area (Å²) < 4.78 is 1.66. The molecular formula is C32H26Br2N2O6. The number of rotatable bonds is 6. The fourth-order valence-corrected chi connectivity index (χ4v) is 5.46. The van der Waals surface area contributed by atoms with E-state index in [0.717, 1.165) is 47.5 Å². The molecule has 3 aromatic carbocycles. The maximum Gasteiger partial charge on any atom is 0.212 e. The fourth-order valence-electron chi connectivity index (χ4n) is 4.80. The van der Waals surface area contributed by atoms with Crippen molar-refractivity contribution >= 4 is 65.2 Å². The highest BCUT2D eigenvalue weighted by atomic mass is 79.9. The number of fused-ring (bicyclic) bond motifs is 4. The van der Waals surface area contributed by atoms with Gasteiger partial charge in [-0.2, -0.15) is 0 Å². The van der Waals surface area contributed by atoms with Crippen LogP contribution in [0.5, 0.6) is 0 Å². The van der Waals surface area contributed by atoms with Crippen LogP contribution < -0.4 is 5.43 Å². The summed E-state index contributed by atoms with van der Waals surface area (Å²) in [7, 11) is 2.93. The SMILES string of the molecule is COOCC1=Cc2ccccc2C(O)c2ncc(Br)cc21.COOCc1cc2ccccc2c(=O)c2ncc(Br)cc12. The number of hydrogen-bond donors (Lipinski definition) is 1. The topological polar surface area (TPSA) is 100 Å². The molecule has 0 spiro atoms. The van der Waals surface area contributed by atoms with Crippen molar-refractivity contribution in [3.05, 3.63) is 126 Å². The fraction of sp³-hybridized carbons (Fsp3) is 0.156. The molecule has 0 saturated carbocycles. The lowest BCUT2D eigenvalue weighted by molar-refractivity contribution is -0.281. The van der Waals surface area contributed by atoms with Crippen LogP contribution in [-0.2, 0) is 26.2 Å². The molecular weight excluding hydrogens is 668 g/mol. The van der Waals surface area contributed by atoms with Crippen LogP contribution in [0.4, 0.5) is 0 Å². The maximum atomic E-state index is 12.7. The van der Waals surface area contributed by atoms with Gasteiger partial charge in [0.05, 0.1) is 19.9 Å². The van der Waals surface area contributed by atoms with Gasteiger partial charge in [-0.25, -0.2) is 19.6 Å². The third-order valence-electron chi connectivity index (χ3n) is 6.73. The number of aromatic nitrogens is 2. The van der Waals surface area contributed by atoms with Crippen molar-refractivity contribution in [2.24, 2.45) is 0 Å². The maximum absolute atomic E-state index is 12.7. The van der Waals surface area contributed by atoms with Gasteiger partial charge in [0.15, 0.2) is 0 Å². The molecule has 6 rings (SSSR count). The summed E-state index contributed by atoms with van der Waals surface area (Å²) in [6.45, 7) is 0.520. The molecule has 214 valence electrons. The molecule has 1 atom stereocenters. The second-order valence-electron chi connectivity index (χ2n) is 9.28. The van der Waals surface area contributed by atoms with Crippen LogP contribution in [0, 0.1) is 0 Å². The number of benzene rings is 2. The molecule has 0 aliphatic heterocycles. The minimum absolute atomic E-state index is 0.0863. The van der Waals surface area contributed by atoms with Gasteiger partial charge in [-0.15, -0.1) is 0 Å². The first-order valence-electron chi connectivity index (χ1n) is 12.9. The molecule has 0 saturated heterocycles. The second-order valence-corrected chi connectivity index (χ2v) is 11.1. The van der Waals surface area contributed by atoms with E-state index in [-0.39, 0.29) is 18.6 Å². The Morgan fingerprint density at radius 1 is 0.833 bits per heavy atom. The van der Waals surface area contributed by atoms with Crippen molar-refractivity contribution in [3.63, 3.8) is 0 Å². The highest BCUT2D eigenvalue weighted by Crippen LogP contribution is 2.36. The third kappa shape index (κ3) is 6.50. The first-order chi connectivity index (χ1) is 20.4. The van der Waals surface area contributed by atoms with E-state index in [1.165, 1.54) is 14.2 Å². The van der Waals surface area contributed by atoms with Gasteiger partial charge in [-0.1, -0.05) is 48.5 Å². The van der Waals surface area contributed by atoms with E-state index in [2.05, 4.69) is 46.7 Å². The van der Waals surface area contributed by atoms with Gasteiger partial charge >= 0.3 is 0 Å². The zero-order valence-electron chi connectivity index (χ0n) is 22.7. The van der Waals surface area contributed by atoms with Crippen LogP contribution in [0.2, 0.25) is 0 Å². The van der Waals surface area contributed by atoms with Gasteiger partial charge < -0.3 is 5.11 Å². The average Bonchev–Trinajstić information content (AvgIpc) is 3.19. The van der Waals surface area contributed by atoms with Crippen molar-refractivity contribution in [2.75, 3.05) is 20.8 Å². The summed E-state index contributed by atoms with van der Waals surface area (Å²) >= 11 is 6.82. The Hall–Kier alpha value is -3.35. The van der Waals surface area contributed by atoms with Gasteiger partial charge in [0, 0.05) is 37.7 Å². The molecule has 10 heteroatoms. The van der Waals surface area contributed by atoms with Crippen LogP contribution in [-0.4, -0.2) is 35.9 Å². The quantitative estimate of drug-likeness (QED) is 0.151. The van der Waals surface area contributed by atoms with Crippen LogP contribution in [0.3, 0.4) is 0 Å². The Bertz CT molecular complexity index is 1850. The smallest absolute Gasteiger partial charge is 0.212 e. The number of aliphatic hydroxyl groups excluding tert-OH is 1. The van der Waals surface area contributed by atoms with Gasteiger partial charge in [0.25, 0.3) is 0 Å². The summed E-state index contributed by atoms with van der Waals surface area (Å²) in [5.74, 6) is 0. The summed E-state index contributed by atoms with van der Waals surface area (Å²) in [4.78, 5) is 40.9. The summed E-state index contributed by atoms with van der Waals surface area (Å²) in [6.07, 6.45) is 4.54. The van der Waals surface area contributed by atoms with E-state index in [9.17, 15) is 9.90 Å². The van der Waals surface area contributed by atoms with Gasteiger partial charge in [0.1, 0.15) is 24.8 Å². The van der Waals surface area contributed by atoms with E-state index in [1.807, 2.05) is 72.8 Å². The Morgan fingerprint density at radius 2 is 1.52 bits per heavy atom. The van der Waals surface area contributed by atoms with Crippen LogP contribution >= 0.6 is 31.9 Å². The van der Waals surface area contributed by atoms with E-state index in [0.29, 0.717) is 16.6 Å². The van der Waals surface area contributed by atoms with Gasteiger partial charge in [-0.05, 0) is 83.8 Å². The van der Waals surface area contributed by atoms with E-state index < -0.39 is 6.10 Å². The summed E-state index contributed by atoms with van der Waals surface area (Å²) in [6, 6.07) is 20.9. The Balaban J connectivity index is 0.000000168. The largest absolute Gasteiger partial charge is 0.382 e. The predicted octanol–water partition coefficient (Wildman–Crippen LogP) is 6.95. The molecule has 0 amide bonds. The molecule has 1 aliphatic carbocycles. The average molecular weight is 694 g/mol. The number of aliphatic hydroxyl groups is 1. The Labute approximate surface area is 258 Å². The second kappa shape index (κ2) is 13.7. The van der Waals surface area contributed by atoms with Crippen LogP contribution in [0.15, 0.2) is 92.9 Å². The first kappa shape index (κ1) is 30.1. The monoisotopic (exact) mass is 692 g/mol. The zero-order valence-corrected chi connectivity index (χ0v) is 25.9. The van der Waals surface area contributed by atoms with Crippen molar-refractivity contribution < 1.29 is 24.7 Å². The molecule has 1 aliphatic rings. The van der Waals surface area contributed by atoms with E-state index in [4.69, 9.17) is 14.7 Å². The molecule has 1 N–H and O–H groups in total. The van der Waals surface area contributed by atoms with Crippen LogP contribution in [0.25, 0.3) is 33.3 Å². The Morgan fingerprint density at radius 3 is 2.33 bits per heavy atom. The lowest BCUT2D eigenvalue weighted by Gasteiger charge is -2.14. The van der Waals surface area contributed by atoms with Crippen molar-refractivity contribution in [2.45, 2.75) is 12.7 Å². The molecule has 1 unspecified atom stereocenters.